The minimum atomic E-state index is -0.489. The maximum Gasteiger partial charge on any atom is 0.277 e. The molecule has 27 heavy (non-hydrogen) atoms. The SMILES string of the molecule is CCC(=NNC(=O)COc1ccc(C(C)(C)C)cc1)c1cc(F)ccc1O. The molecule has 0 unspecified atom stereocenters. The summed E-state index contributed by atoms with van der Waals surface area (Å²) in [6.45, 7) is 7.95. The van der Waals surface area contributed by atoms with E-state index in [4.69, 9.17) is 4.74 Å². The van der Waals surface area contributed by atoms with Crippen LogP contribution in [0, 0.1) is 5.82 Å². The maximum atomic E-state index is 13.4. The van der Waals surface area contributed by atoms with E-state index in [1.807, 2.05) is 24.3 Å². The second kappa shape index (κ2) is 8.66. The Labute approximate surface area is 158 Å². The van der Waals surface area contributed by atoms with Gasteiger partial charge in [-0.05, 0) is 47.7 Å². The highest BCUT2D eigenvalue weighted by Gasteiger charge is 2.13. The van der Waals surface area contributed by atoms with Gasteiger partial charge in [-0.3, -0.25) is 4.79 Å². The largest absolute Gasteiger partial charge is 0.507 e. The number of hydrazone groups is 1. The van der Waals surface area contributed by atoms with Crippen molar-refractivity contribution in [2.24, 2.45) is 5.10 Å². The topological polar surface area (TPSA) is 70.9 Å². The van der Waals surface area contributed by atoms with Crippen molar-refractivity contribution in [3.63, 3.8) is 0 Å². The summed E-state index contributed by atoms with van der Waals surface area (Å²) in [5.74, 6) is -0.448. The van der Waals surface area contributed by atoms with Gasteiger partial charge in [0.1, 0.15) is 17.3 Å². The minimum Gasteiger partial charge on any atom is -0.507 e. The highest BCUT2D eigenvalue weighted by molar-refractivity contribution is 6.03. The Bertz CT molecular complexity index is 824. The van der Waals surface area contributed by atoms with Crippen LogP contribution in [0.4, 0.5) is 4.39 Å². The van der Waals surface area contributed by atoms with E-state index in [0.717, 1.165) is 6.07 Å². The van der Waals surface area contributed by atoms with Crippen LogP contribution in [0.25, 0.3) is 0 Å². The summed E-state index contributed by atoms with van der Waals surface area (Å²) >= 11 is 0. The van der Waals surface area contributed by atoms with Crippen LogP contribution >= 0.6 is 0 Å². The molecule has 0 saturated heterocycles. The molecule has 2 rings (SSSR count). The molecule has 0 aliphatic carbocycles. The molecule has 0 fully saturated rings. The number of ether oxygens (including phenoxy) is 1. The summed E-state index contributed by atoms with van der Waals surface area (Å²) in [6.07, 6.45) is 0.409. The number of phenolic OH excluding ortho intramolecular Hbond substituents is 1. The van der Waals surface area contributed by atoms with Crippen LogP contribution in [0.15, 0.2) is 47.6 Å². The van der Waals surface area contributed by atoms with Crippen LogP contribution < -0.4 is 10.2 Å². The molecule has 0 aliphatic rings. The van der Waals surface area contributed by atoms with Crippen molar-refractivity contribution in [3.05, 3.63) is 59.4 Å². The fraction of sp³-hybridized carbons (Fsp3) is 0.333. The summed E-state index contributed by atoms with van der Waals surface area (Å²) in [5, 5.41) is 13.8. The molecule has 2 aromatic rings. The molecular formula is C21H25FN2O3. The first kappa shape index (κ1) is 20.4. The first-order valence-electron chi connectivity index (χ1n) is 8.78. The van der Waals surface area contributed by atoms with Crippen LogP contribution in [0.2, 0.25) is 0 Å². The number of benzene rings is 2. The predicted octanol–water partition coefficient (Wildman–Crippen LogP) is 4.14. The second-order valence-electron chi connectivity index (χ2n) is 7.17. The van der Waals surface area contributed by atoms with Crippen molar-refractivity contribution < 1.29 is 19.0 Å². The van der Waals surface area contributed by atoms with Gasteiger partial charge >= 0.3 is 0 Å². The molecule has 0 aromatic heterocycles. The fourth-order valence-corrected chi connectivity index (χ4v) is 2.43. The molecular weight excluding hydrogens is 347 g/mol. The van der Waals surface area contributed by atoms with Crippen molar-refractivity contribution in [3.8, 4) is 11.5 Å². The first-order chi connectivity index (χ1) is 12.7. The standard InChI is InChI=1S/C21H25FN2O3/c1-5-18(17-12-15(22)8-11-19(17)25)23-24-20(26)13-27-16-9-6-14(7-10-16)21(2,3)4/h6-12,25H,5,13H2,1-4H3,(H,24,26). The van der Waals surface area contributed by atoms with Gasteiger partial charge in [-0.25, -0.2) is 9.82 Å². The van der Waals surface area contributed by atoms with Crippen molar-refractivity contribution in [2.75, 3.05) is 6.61 Å². The molecule has 5 nitrogen and oxygen atoms in total. The summed E-state index contributed by atoms with van der Waals surface area (Å²) < 4.78 is 18.8. The fourth-order valence-electron chi connectivity index (χ4n) is 2.43. The number of hydrogen-bond donors (Lipinski definition) is 2. The zero-order chi connectivity index (χ0) is 20.0. The molecule has 1 amide bonds. The Morgan fingerprint density at radius 3 is 2.44 bits per heavy atom. The van der Waals surface area contributed by atoms with Crippen molar-refractivity contribution in [2.45, 2.75) is 39.5 Å². The summed E-state index contributed by atoms with van der Waals surface area (Å²) in [4.78, 5) is 12.0. The summed E-state index contributed by atoms with van der Waals surface area (Å²) in [6, 6.07) is 11.2. The molecule has 0 spiro atoms. The molecule has 0 atom stereocenters. The Kier molecular flexibility index (Phi) is 6.55. The van der Waals surface area contributed by atoms with E-state index < -0.39 is 11.7 Å². The Morgan fingerprint density at radius 1 is 1.19 bits per heavy atom. The number of rotatable bonds is 6. The lowest BCUT2D eigenvalue weighted by Crippen LogP contribution is -2.26. The van der Waals surface area contributed by atoms with Crippen molar-refractivity contribution >= 4 is 11.6 Å². The lowest BCUT2D eigenvalue weighted by atomic mass is 9.87. The highest BCUT2D eigenvalue weighted by atomic mass is 19.1. The normalized spacial score (nSPS) is 12.0. The quantitative estimate of drug-likeness (QED) is 0.591. The third kappa shape index (κ3) is 5.81. The lowest BCUT2D eigenvalue weighted by molar-refractivity contribution is -0.123. The predicted molar refractivity (Wildman–Crippen MR) is 104 cm³/mol. The molecule has 144 valence electrons. The van der Waals surface area contributed by atoms with Gasteiger partial charge in [-0.15, -0.1) is 0 Å². The van der Waals surface area contributed by atoms with E-state index in [9.17, 15) is 14.3 Å². The van der Waals surface area contributed by atoms with Crippen LogP contribution in [0.1, 0.15) is 45.2 Å². The average molecular weight is 372 g/mol. The molecule has 2 aromatic carbocycles. The van der Waals surface area contributed by atoms with Crippen molar-refractivity contribution in [1.82, 2.24) is 5.43 Å². The average Bonchev–Trinajstić information content (AvgIpc) is 2.62. The zero-order valence-electron chi connectivity index (χ0n) is 16.0. The molecule has 0 radical (unpaired) electrons. The number of amides is 1. The van der Waals surface area contributed by atoms with Gasteiger partial charge in [0.15, 0.2) is 6.61 Å². The third-order valence-corrected chi connectivity index (χ3v) is 4.01. The van der Waals surface area contributed by atoms with Gasteiger partial charge in [0.2, 0.25) is 0 Å². The summed E-state index contributed by atoms with van der Waals surface area (Å²) in [7, 11) is 0. The van der Waals surface area contributed by atoms with Crippen LogP contribution in [-0.2, 0) is 10.2 Å². The number of phenols is 1. The molecule has 2 N–H and O–H groups in total. The zero-order valence-corrected chi connectivity index (χ0v) is 16.0. The number of hydrogen-bond acceptors (Lipinski definition) is 4. The Balaban J connectivity index is 1.96. The Hall–Kier alpha value is -2.89. The number of halogens is 1. The van der Waals surface area contributed by atoms with Gasteiger partial charge in [-0.2, -0.15) is 5.10 Å². The number of carbonyl (C=O) groups excluding carboxylic acids is 1. The number of aromatic hydroxyl groups is 1. The summed E-state index contributed by atoms with van der Waals surface area (Å²) in [5.41, 5.74) is 4.21. The van der Waals surface area contributed by atoms with Crippen LogP contribution in [0.5, 0.6) is 11.5 Å². The van der Waals surface area contributed by atoms with Gasteiger partial charge in [0.25, 0.3) is 5.91 Å². The van der Waals surface area contributed by atoms with Gasteiger partial charge < -0.3 is 9.84 Å². The van der Waals surface area contributed by atoms with Gasteiger partial charge in [0.05, 0.1) is 5.71 Å². The van der Waals surface area contributed by atoms with Crippen molar-refractivity contribution in [1.29, 1.82) is 0 Å². The number of carbonyl (C=O) groups is 1. The van der Waals surface area contributed by atoms with E-state index >= 15 is 0 Å². The third-order valence-electron chi connectivity index (χ3n) is 4.01. The molecule has 0 heterocycles. The smallest absolute Gasteiger partial charge is 0.277 e. The van der Waals surface area contributed by atoms with Crippen LogP contribution in [-0.4, -0.2) is 23.3 Å². The maximum absolute atomic E-state index is 13.4. The second-order valence-corrected chi connectivity index (χ2v) is 7.17. The lowest BCUT2D eigenvalue weighted by Gasteiger charge is -2.19. The Morgan fingerprint density at radius 2 is 1.85 bits per heavy atom. The van der Waals surface area contributed by atoms with E-state index in [1.54, 1.807) is 6.92 Å². The highest BCUT2D eigenvalue weighted by Crippen LogP contribution is 2.24. The molecule has 6 heteroatoms. The monoisotopic (exact) mass is 372 g/mol. The first-order valence-corrected chi connectivity index (χ1v) is 8.78. The van der Waals surface area contributed by atoms with E-state index in [1.165, 1.54) is 17.7 Å². The number of nitrogens with one attached hydrogen (secondary N) is 1. The minimum absolute atomic E-state index is 0.0453. The molecule has 0 saturated carbocycles. The molecule has 0 bridgehead atoms. The number of nitrogens with zero attached hydrogens (tertiary/aromatic N) is 1. The molecule has 0 aliphatic heterocycles. The van der Waals surface area contributed by atoms with Crippen LogP contribution in [0.3, 0.4) is 0 Å². The van der Waals surface area contributed by atoms with Gasteiger partial charge in [-0.1, -0.05) is 39.8 Å². The van der Waals surface area contributed by atoms with E-state index in [0.29, 0.717) is 17.9 Å². The van der Waals surface area contributed by atoms with E-state index in [-0.39, 0.29) is 23.3 Å². The van der Waals surface area contributed by atoms with E-state index in [2.05, 4.69) is 31.3 Å². The van der Waals surface area contributed by atoms with Gasteiger partial charge in [0, 0.05) is 5.56 Å².